The average molecular weight is 273 g/mol. The Labute approximate surface area is 111 Å². The van der Waals surface area contributed by atoms with Gasteiger partial charge in [-0.25, -0.2) is 0 Å². The van der Waals surface area contributed by atoms with Gasteiger partial charge in [0, 0.05) is 12.0 Å². The zero-order valence-electron chi connectivity index (χ0n) is 11.0. The predicted molar refractivity (Wildman–Crippen MR) is 66.8 cm³/mol. The summed E-state index contributed by atoms with van der Waals surface area (Å²) >= 11 is 0. The van der Waals surface area contributed by atoms with Crippen LogP contribution in [-0.2, 0) is 10.9 Å². The highest BCUT2D eigenvalue weighted by Gasteiger charge is 2.33. The van der Waals surface area contributed by atoms with Crippen molar-refractivity contribution in [3.63, 3.8) is 0 Å². The molecule has 0 spiro atoms. The van der Waals surface area contributed by atoms with E-state index < -0.39 is 11.7 Å². The van der Waals surface area contributed by atoms with E-state index in [2.05, 4.69) is 5.32 Å². The minimum absolute atomic E-state index is 0.104. The monoisotopic (exact) mass is 273 g/mol. The maximum Gasteiger partial charge on any atom is 0.416 e. The van der Waals surface area contributed by atoms with Gasteiger partial charge in [-0.05, 0) is 38.1 Å². The van der Waals surface area contributed by atoms with Crippen molar-refractivity contribution in [2.75, 3.05) is 13.7 Å². The molecular weight excluding hydrogens is 255 g/mol. The van der Waals surface area contributed by atoms with E-state index in [1.54, 1.807) is 13.1 Å². The van der Waals surface area contributed by atoms with Gasteiger partial charge in [-0.1, -0.05) is 12.1 Å². The summed E-state index contributed by atoms with van der Waals surface area (Å²) in [6, 6.07) is 5.42. The molecule has 1 aliphatic heterocycles. The maximum absolute atomic E-state index is 12.7. The average Bonchev–Trinajstić information content (AvgIpc) is 2.76. The van der Waals surface area contributed by atoms with E-state index in [1.807, 2.05) is 6.92 Å². The van der Waals surface area contributed by atoms with Gasteiger partial charge in [0.1, 0.15) is 0 Å². The fourth-order valence-corrected chi connectivity index (χ4v) is 2.67. The first-order valence-electron chi connectivity index (χ1n) is 6.38. The Morgan fingerprint density at radius 1 is 1.37 bits per heavy atom. The molecule has 0 radical (unpaired) electrons. The molecule has 2 rings (SSSR count). The highest BCUT2D eigenvalue weighted by Crippen LogP contribution is 2.35. The Hall–Kier alpha value is -1.07. The molecule has 1 saturated heterocycles. The summed E-state index contributed by atoms with van der Waals surface area (Å²) in [5, 5.41) is 3.11. The number of rotatable bonds is 3. The second-order valence-corrected chi connectivity index (χ2v) is 5.03. The Morgan fingerprint density at radius 2 is 2.11 bits per heavy atom. The number of alkyl halides is 3. The number of benzene rings is 1. The van der Waals surface area contributed by atoms with Crippen LogP contribution in [-0.4, -0.2) is 19.8 Å². The molecule has 5 heteroatoms. The zero-order valence-corrected chi connectivity index (χ0v) is 11.0. The molecule has 1 aromatic rings. The first-order valence-corrected chi connectivity index (χ1v) is 6.38. The van der Waals surface area contributed by atoms with Crippen molar-refractivity contribution in [3.8, 4) is 0 Å². The van der Waals surface area contributed by atoms with Gasteiger partial charge in [-0.2, -0.15) is 13.2 Å². The van der Waals surface area contributed by atoms with Gasteiger partial charge in [-0.3, -0.25) is 0 Å². The van der Waals surface area contributed by atoms with E-state index in [1.165, 1.54) is 12.1 Å². The van der Waals surface area contributed by atoms with Crippen LogP contribution in [0.1, 0.15) is 30.5 Å². The fourth-order valence-electron chi connectivity index (χ4n) is 2.67. The SMILES string of the molecule is CNC(c1cccc(C(F)(F)F)c1)C1COC(C)C1. The third kappa shape index (κ3) is 3.28. The molecule has 19 heavy (non-hydrogen) atoms. The topological polar surface area (TPSA) is 21.3 Å². The molecule has 1 aliphatic rings. The first-order chi connectivity index (χ1) is 8.91. The molecule has 0 aliphatic carbocycles. The van der Waals surface area contributed by atoms with E-state index in [0.29, 0.717) is 12.2 Å². The Kier molecular flexibility index (Phi) is 4.16. The Bertz CT molecular complexity index is 433. The second kappa shape index (κ2) is 5.51. The van der Waals surface area contributed by atoms with Gasteiger partial charge < -0.3 is 10.1 Å². The highest BCUT2D eigenvalue weighted by molar-refractivity contribution is 5.28. The normalized spacial score (nSPS) is 25.5. The van der Waals surface area contributed by atoms with Gasteiger partial charge in [-0.15, -0.1) is 0 Å². The van der Waals surface area contributed by atoms with Gasteiger partial charge in [0.25, 0.3) is 0 Å². The predicted octanol–water partition coefficient (Wildman–Crippen LogP) is 3.39. The molecule has 1 fully saturated rings. The van der Waals surface area contributed by atoms with Crippen molar-refractivity contribution in [2.24, 2.45) is 5.92 Å². The van der Waals surface area contributed by atoms with E-state index in [0.717, 1.165) is 12.5 Å². The Morgan fingerprint density at radius 3 is 2.63 bits per heavy atom. The summed E-state index contributed by atoms with van der Waals surface area (Å²) in [6.07, 6.45) is -3.26. The van der Waals surface area contributed by atoms with Gasteiger partial charge in [0.15, 0.2) is 0 Å². The number of nitrogens with one attached hydrogen (secondary N) is 1. The van der Waals surface area contributed by atoms with Crippen molar-refractivity contribution in [1.82, 2.24) is 5.32 Å². The Balaban J connectivity index is 2.23. The number of hydrogen-bond donors (Lipinski definition) is 1. The van der Waals surface area contributed by atoms with E-state index in [-0.39, 0.29) is 18.1 Å². The smallest absolute Gasteiger partial charge is 0.378 e. The summed E-state index contributed by atoms with van der Waals surface area (Å²) in [4.78, 5) is 0. The molecule has 2 nitrogen and oxygen atoms in total. The summed E-state index contributed by atoms with van der Waals surface area (Å²) in [6.45, 7) is 2.57. The quantitative estimate of drug-likeness (QED) is 0.911. The van der Waals surface area contributed by atoms with Gasteiger partial charge >= 0.3 is 6.18 Å². The van der Waals surface area contributed by atoms with Crippen molar-refractivity contribution < 1.29 is 17.9 Å². The molecule has 0 saturated carbocycles. The summed E-state index contributed by atoms with van der Waals surface area (Å²) < 4.78 is 43.7. The molecule has 3 unspecified atom stereocenters. The lowest BCUT2D eigenvalue weighted by Crippen LogP contribution is -2.26. The van der Waals surface area contributed by atoms with Crippen LogP contribution in [0.15, 0.2) is 24.3 Å². The molecule has 106 valence electrons. The summed E-state index contributed by atoms with van der Waals surface area (Å²) in [7, 11) is 1.77. The molecule has 3 atom stereocenters. The van der Waals surface area contributed by atoms with Crippen LogP contribution in [0.2, 0.25) is 0 Å². The van der Waals surface area contributed by atoms with Gasteiger partial charge in [0.2, 0.25) is 0 Å². The van der Waals surface area contributed by atoms with Crippen LogP contribution < -0.4 is 5.32 Å². The van der Waals surface area contributed by atoms with Crippen LogP contribution in [0.5, 0.6) is 0 Å². The van der Waals surface area contributed by atoms with Crippen molar-refractivity contribution in [3.05, 3.63) is 35.4 Å². The lowest BCUT2D eigenvalue weighted by molar-refractivity contribution is -0.137. The number of hydrogen-bond acceptors (Lipinski definition) is 2. The zero-order chi connectivity index (χ0) is 14.0. The lowest BCUT2D eigenvalue weighted by atomic mass is 9.90. The molecule has 1 aromatic carbocycles. The van der Waals surface area contributed by atoms with Crippen LogP contribution in [0.4, 0.5) is 13.2 Å². The number of ether oxygens (including phenoxy) is 1. The summed E-state index contributed by atoms with van der Waals surface area (Å²) in [5.41, 5.74) is 0.0669. The van der Waals surface area contributed by atoms with Gasteiger partial charge in [0.05, 0.1) is 18.3 Å². The van der Waals surface area contributed by atoms with E-state index >= 15 is 0 Å². The van der Waals surface area contributed by atoms with Crippen LogP contribution in [0, 0.1) is 5.92 Å². The third-order valence-corrected chi connectivity index (χ3v) is 3.58. The minimum Gasteiger partial charge on any atom is -0.378 e. The molecule has 1 heterocycles. The largest absolute Gasteiger partial charge is 0.416 e. The van der Waals surface area contributed by atoms with Crippen LogP contribution in [0.25, 0.3) is 0 Å². The minimum atomic E-state index is -4.30. The van der Waals surface area contributed by atoms with E-state index in [9.17, 15) is 13.2 Å². The van der Waals surface area contributed by atoms with Crippen molar-refractivity contribution >= 4 is 0 Å². The second-order valence-electron chi connectivity index (χ2n) is 5.03. The third-order valence-electron chi connectivity index (χ3n) is 3.58. The maximum atomic E-state index is 12.7. The highest BCUT2D eigenvalue weighted by atomic mass is 19.4. The molecule has 1 N–H and O–H groups in total. The molecule has 0 bridgehead atoms. The van der Waals surface area contributed by atoms with Crippen molar-refractivity contribution in [1.29, 1.82) is 0 Å². The molecular formula is C14H18F3NO. The number of halogens is 3. The van der Waals surface area contributed by atoms with Crippen molar-refractivity contribution in [2.45, 2.75) is 31.7 Å². The van der Waals surface area contributed by atoms with Crippen LogP contribution >= 0.6 is 0 Å². The first kappa shape index (κ1) is 14.3. The van der Waals surface area contributed by atoms with E-state index in [4.69, 9.17) is 4.74 Å². The molecule has 0 aromatic heterocycles. The fraction of sp³-hybridized carbons (Fsp3) is 0.571. The summed E-state index contributed by atoms with van der Waals surface area (Å²) in [5.74, 6) is 0.212. The standard InChI is InChI=1S/C14H18F3NO/c1-9-6-11(8-19-9)13(18-2)10-4-3-5-12(7-10)14(15,16)17/h3-5,7,9,11,13,18H,6,8H2,1-2H3. The lowest BCUT2D eigenvalue weighted by Gasteiger charge is -2.23. The molecule has 0 amide bonds. The van der Waals surface area contributed by atoms with Crippen LogP contribution in [0.3, 0.4) is 0 Å².